The zero-order chi connectivity index (χ0) is 10.9. The van der Waals surface area contributed by atoms with Crippen LogP contribution in [0, 0.1) is 11.3 Å². The van der Waals surface area contributed by atoms with Gasteiger partial charge in [-0.2, -0.15) is 0 Å². The zero-order valence-electron chi connectivity index (χ0n) is 10.4. The van der Waals surface area contributed by atoms with Crippen LogP contribution in [0.5, 0.6) is 0 Å². The third kappa shape index (κ3) is 2.94. The first-order valence-corrected chi connectivity index (χ1v) is 6.32. The third-order valence-electron chi connectivity index (χ3n) is 3.92. The van der Waals surface area contributed by atoms with E-state index in [9.17, 15) is 0 Å². The van der Waals surface area contributed by atoms with E-state index in [4.69, 9.17) is 4.74 Å². The first-order valence-electron chi connectivity index (χ1n) is 6.32. The molecule has 1 saturated carbocycles. The van der Waals surface area contributed by atoms with Crippen molar-refractivity contribution >= 4 is 0 Å². The van der Waals surface area contributed by atoms with E-state index in [1.54, 1.807) is 0 Å². The summed E-state index contributed by atoms with van der Waals surface area (Å²) >= 11 is 0. The van der Waals surface area contributed by atoms with Crippen molar-refractivity contribution in [3.63, 3.8) is 0 Å². The van der Waals surface area contributed by atoms with Crippen LogP contribution >= 0.6 is 0 Å². The molecule has 0 aromatic heterocycles. The molecule has 0 bridgehead atoms. The number of rotatable bonds is 2. The second-order valence-electron chi connectivity index (χ2n) is 6.52. The minimum Gasteiger partial charge on any atom is -0.381 e. The summed E-state index contributed by atoms with van der Waals surface area (Å²) in [5.41, 5.74) is 0.959. The molecule has 1 saturated heterocycles. The van der Waals surface area contributed by atoms with Crippen LogP contribution in [0.15, 0.2) is 0 Å². The van der Waals surface area contributed by atoms with Crippen LogP contribution in [0.2, 0.25) is 0 Å². The van der Waals surface area contributed by atoms with Crippen molar-refractivity contribution in [3.8, 4) is 0 Å². The lowest BCUT2D eigenvalue weighted by Crippen LogP contribution is -2.48. The Morgan fingerprint density at radius 2 is 1.80 bits per heavy atom. The van der Waals surface area contributed by atoms with Crippen molar-refractivity contribution in [2.24, 2.45) is 11.3 Å². The predicted molar refractivity (Wildman–Crippen MR) is 63.0 cm³/mol. The van der Waals surface area contributed by atoms with Gasteiger partial charge in [0.05, 0.1) is 0 Å². The Labute approximate surface area is 93.8 Å². The molecule has 88 valence electrons. The molecule has 2 rings (SSSR count). The summed E-state index contributed by atoms with van der Waals surface area (Å²) in [4.78, 5) is 0. The predicted octanol–water partition coefficient (Wildman–Crippen LogP) is 2.58. The van der Waals surface area contributed by atoms with Gasteiger partial charge < -0.3 is 10.1 Å². The van der Waals surface area contributed by atoms with Crippen LogP contribution in [-0.2, 0) is 4.74 Å². The van der Waals surface area contributed by atoms with Crippen molar-refractivity contribution < 1.29 is 4.74 Å². The van der Waals surface area contributed by atoms with Crippen molar-refractivity contribution in [3.05, 3.63) is 0 Å². The van der Waals surface area contributed by atoms with Gasteiger partial charge in [-0.25, -0.2) is 0 Å². The topological polar surface area (TPSA) is 21.3 Å². The number of ether oxygens (including phenoxy) is 1. The SMILES string of the molecule is CC(C)(C)NCC1CC2(CCOCC2)C1. The highest BCUT2D eigenvalue weighted by molar-refractivity contribution is 4.96. The van der Waals surface area contributed by atoms with E-state index in [1.807, 2.05) is 0 Å². The summed E-state index contributed by atoms with van der Waals surface area (Å²) < 4.78 is 5.43. The molecule has 1 aliphatic carbocycles. The van der Waals surface area contributed by atoms with Gasteiger partial charge in [0.15, 0.2) is 0 Å². The maximum Gasteiger partial charge on any atom is 0.0471 e. The Balaban J connectivity index is 1.69. The van der Waals surface area contributed by atoms with Gasteiger partial charge in [0, 0.05) is 18.8 Å². The highest BCUT2D eigenvalue weighted by atomic mass is 16.5. The van der Waals surface area contributed by atoms with Crippen LogP contribution in [-0.4, -0.2) is 25.3 Å². The van der Waals surface area contributed by atoms with Crippen molar-refractivity contribution in [2.45, 2.75) is 52.0 Å². The van der Waals surface area contributed by atoms with E-state index < -0.39 is 0 Å². The number of hydrogen-bond acceptors (Lipinski definition) is 2. The third-order valence-corrected chi connectivity index (χ3v) is 3.92. The Morgan fingerprint density at radius 1 is 1.20 bits per heavy atom. The Hall–Kier alpha value is -0.0800. The van der Waals surface area contributed by atoms with Gasteiger partial charge in [0.25, 0.3) is 0 Å². The van der Waals surface area contributed by atoms with Gasteiger partial charge in [-0.1, -0.05) is 0 Å². The van der Waals surface area contributed by atoms with E-state index in [0.29, 0.717) is 5.41 Å². The summed E-state index contributed by atoms with van der Waals surface area (Å²) in [6.45, 7) is 9.94. The van der Waals surface area contributed by atoms with E-state index in [2.05, 4.69) is 26.1 Å². The molecule has 1 N–H and O–H groups in total. The largest absolute Gasteiger partial charge is 0.381 e. The quantitative estimate of drug-likeness (QED) is 0.758. The molecule has 2 fully saturated rings. The summed E-state index contributed by atoms with van der Waals surface area (Å²) in [5.74, 6) is 0.919. The van der Waals surface area contributed by atoms with E-state index in [-0.39, 0.29) is 5.54 Å². The minimum atomic E-state index is 0.276. The van der Waals surface area contributed by atoms with Crippen molar-refractivity contribution in [1.82, 2.24) is 5.32 Å². The van der Waals surface area contributed by atoms with Crippen molar-refractivity contribution in [1.29, 1.82) is 0 Å². The highest BCUT2D eigenvalue weighted by Gasteiger charge is 2.44. The van der Waals surface area contributed by atoms with Gasteiger partial charge in [-0.15, -0.1) is 0 Å². The smallest absolute Gasteiger partial charge is 0.0471 e. The van der Waals surface area contributed by atoms with Gasteiger partial charge in [-0.05, 0) is 64.3 Å². The molecule has 2 aliphatic rings. The molecule has 0 aromatic rings. The molecular weight excluding hydrogens is 186 g/mol. The molecule has 0 amide bonds. The Morgan fingerprint density at radius 3 is 2.33 bits per heavy atom. The summed E-state index contributed by atoms with van der Waals surface area (Å²) in [7, 11) is 0. The van der Waals surface area contributed by atoms with Gasteiger partial charge in [0.1, 0.15) is 0 Å². The molecule has 0 unspecified atom stereocenters. The zero-order valence-corrected chi connectivity index (χ0v) is 10.4. The lowest BCUT2D eigenvalue weighted by atomic mass is 9.58. The first kappa shape index (κ1) is 11.4. The van der Waals surface area contributed by atoms with Crippen molar-refractivity contribution in [2.75, 3.05) is 19.8 Å². The molecular formula is C13H25NO. The van der Waals surface area contributed by atoms with E-state index in [1.165, 1.54) is 32.2 Å². The standard InChI is InChI=1S/C13H25NO/c1-12(2,3)14-10-11-8-13(9-11)4-6-15-7-5-13/h11,14H,4-10H2,1-3H3. The number of hydrogen-bond donors (Lipinski definition) is 1. The highest BCUT2D eigenvalue weighted by Crippen LogP contribution is 2.51. The fourth-order valence-corrected chi connectivity index (χ4v) is 2.97. The second-order valence-corrected chi connectivity index (χ2v) is 6.52. The van der Waals surface area contributed by atoms with Gasteiger partial charge >= 0.3 is 0 Å². The van der Waals surface area contributed by atoms with E-state index in [0.717, 1.165) is 19.1 Å². The normalized spacial score (nSPS) is 26.6. The lowest BCUT2D eigenvalue weighted by molar-refractivity contribution is -0.0591. The summed E-state index contributed by atoms with van der Waals surface area (Å²) in [5, 5.41) is 3.61. The Kier molecular flexibility index (Phi) is 3.09. The van der Waals surface area contributed by atoms with Gasteiger partial charge in [-0.3, -0.25) is 0 Å². The molecule has 1 spiro atoms. The second kappa shape index (κ2) is 4.06. The maximum atomic E-state index is 5.43. The minimum absolute atomic E-state index is 0.276. The molecule has 15 heavy (non-hydrogen) atoms. The average Bonchev–Trinajstić information content (AvgIpc) is 2.11. The monoisotopic (exact) mass is 211 g/mol. The fraction of sp³-hybridized carbons (Fsp3) is 1.00. The van der Waals surface area contributed by atoms with Gasteiger partial charge in [0.2, 0.25) is 0 Å². The fourth-order valence-electron chi connectivity index (χ4n) is 2.97. The molecule has 2 heteroatoms. The van der Waals surface area contributed by atoms with Crippen LogP contribution in [0.4, 0.5) is 0 Å². The van der Waals surface area contributed by atoms with Crippen LogP contribution in [0.1, 0.15) is 46.5 Å². The van der Waals surface area contributed by atoms with Crippen LogP contribution in [0.3, 0.4) is 0 Å². The Bertz CT molecular complexity index is 205. The molecule has 0 atom stereocenters. The lowest BCUT2D eigenvalue weighted by Gasteiger charge is -2.50. The molecule has 0 radical (unpaired) electrons. The molecule has 1 heterocycles. The molecule has 1 aliphatic heterocycles. The number of nitrogens with one attached hydrogen (secondary N) is 1. The maximum absolute atomic E-state index is 5.43. The van der Waals surface area contributed by atoms with E-state index >= 15 is 0 Å². The van der Waals surface area contributed by atoms with Crippen LogP contribution < -0.4 is 5.32 Å². The first-order chi connectivity index (χ1) is 6.99. The van der Waals surface area contributed by atoms with Crippen LogP contribution in [0.25, 0.3) is 0 Å². The molecule has 2 nitrogen and oxygen atoms in total. The summed E-state index contributed by atoms with van der Waals surface area (Å²) in [6, 6.07) is 0. The molecule has 0 aromatic carbocycles. The average molecular weight is 211 g/mol. The summed E-state index contributed by atoms with van der Waals surface area (Å²) in [6.07, 6.45) is 5.47.